The first kappa shape index (κ1) is 19.3. The first-order valence-electron chi connectivity index (χ1n) is 8.91. The maximum atomic E-state index is 12.4. The fourth-order valence-electron chi connectivity index (χ4n) is 3.62. The second-order valence-corrected chi connectivity index (χ2v) is 7.82. The van der Waals surface area contributed by atoms with E-state index in [1.54, 1.807) is 23.1 Å². The van der Waals surface area contributed by atoms with Gasteiger partial charge in [-0.25, -0.2) is 4.79 Å². The van der Waals surface area contributed by atoms with Gasteiger partial charge in [0.2, 0.25) is 0 Å². The lowest BCUT2D eigenvalue weighted by molar-refractivity contribution is -0.125. The van der Waals surface area contributed by atoms with E-state index in [0.29, 0.717) is 36.7 Å². The third-order valence-corrected chi connectivity index (χ3v) is 5.53. The van der Waals surface area contributed by atoms with Gasteiger partial charge in [0.05, 0.1) is 12.3 Å². The van der Waals surface area contributed by atoms with Crippen molar-refractivity contribution in [2.24, 2.45) is 0 Å². The molecule has 28 heavy (non-hydrogen) atoms. The lowest BCUT2D eigenvalue weighted by Crippen LogP contribution is -2.45. The third-order valence-electron chi connectivity index (χ3n) is 5.04. The number of fused-ring (bicyclic) bond motifs is 3. The van der Waals surface area contributed by atoms with Crippen molar-refractivity contribution in [3.63, 3.8) is 0 Å². The normalized spacial score (nSPS) is 24.0. The van der Waals surface area contributed by atoms with Crippen molar-refractivity contribution in [1.82, 2.24) is 0 Å². The molecular weight excluding hydrogens is 411 g/mol. The molecule has 150 valence electrons. The van der Waals surface area contributed by atoms with E-state index in [1.165, 1.54) is 4.90 Å². The molecule has 4 rings (SSSR count). The summed E-state index contributed by atoms with van der Waals surface area (Å²) in [4.78, 5) is 38.2. The Bertz CT molecular complexity index is 817. The average molecular weight is 429 g/mol. The number of hydrogen-bond acceptors (Lipinski definition) is 6. The standard InChI is InChI=1S/C18H18Cl2N2O6/c19-17(20)13(23)3-4-14-12-8-27-15-7-10(21-5-6-26-9-16(21)24)1-2-11(15)22(12)18(25)28-14/h1-2,7,12,14,17H,3-6,8-9H2/t12-,14-/m0/s1. The van der Waals surface area contributed by atoms with Gasteiger partial charge in [-0.2, -0.15) is 0 Å². The number of Topliss-reactive ketones (excluding diaryl/α,β-unsaturated/α-hetero) is 1. The Morgan fingerprint density at radius 3 is 2.86 bits per heavy atom. The summed E-state index contributed by atoms with van der Waals surface area (Å²) in [6.45, 7) is 1.20. The molecule has 0 bridgehead atoms. The highest BCUT2D eigenvalue weighted by Gasteiger charge is 2.46. The molecule has 0 aliphatic carbocycles. The number of morpholine rings is 1. The highest BCUT2D eigenvalue weighted by molar-refractivity contribution is 6.53. The van der Waals surface area contributed by atoms with Crippen molar-refractivity contribution in [3.8, 4) is 5.75 Å². The van der Waals surface area contributed by atoms with Crippen molar-refractivity contribution in [2.45, 2.75) is 29.8 Å². The molecule has 2 amide bonds. The van der Waals surface area contributed by atoms with E-state index in [-0.39, 0.29) is 37.4 Å². The van der Waals surface area contributed by atoms with Gasteiger partial charge in [0.1, 0.15) is 31.1 Å². The monoisotopic (exact) mass is 428 g/mol. The molecule has 0 spiro atoms. The number of rotatable bonds is 5. The summed E-state index contributed by atoms with van der Waals surface area (Å²) in [5, 5.41) is 0. The molecule has 8 nitrogen and oxygen atoms in total. The number of benzene rings is 1. The molecule has 0 unspecified atom stereocenters. The van der Waals surface area contributed by atoms with Gasteiger partial charge in [-0.05, 0) is 18.6 Å². The summed E-state index contributed by atoms with van der Waals surface area (Å²) >= 11 is 11.1. The zero-order valence-corrected chi connectivity index (χ0v) is 16.3. The molecular formula is C18H18Cl2N2O6. The number of hydrogen-bond donors (Lipinski definition) is 0. The minimum Gasteiger partial charge on any atom is -0.489 e. The van der Waals surface area contributed by atoms with Gasteiger partial charge in [-0.15, -0.1) is 0 Å². The Balaban J connectivity index is 1.52. The molecule has 3 aliphatic rings. The smallest absolute Gasteiger partial charge is 0.415 e. The molecule has 0 aromatic heterocycles. The number of carbonyl (C=O) groups excluding carboxylic acids is 3. The van der Waals surface area contributed by atoms with Crippen molar-refractivity contribution >= 4 is 52.4 Å². The Kier molecular flexibility index (Phi) is 5.35. The Hall–Kier alpha value is -2.03. The predicted molar refractivity (Wildman–Crippen MR) is 101 cm³/mol. The van der Waals surface area contributed by atoms with Crippen LogP contribution in [0.3, 0.4) is 0 Å². The van der Waals surface area contributed by atoms with Crippen LogP contribution in [0, 0.1) is 0 Å². The summed E-state index contributed by atoms with van der Waals surface area (Å²) in [6, 6.07) is 4.91. The number of carbonyl (C=O) groups is 3. The van der Waals surface area contributed by atoms with Gasteiger partial charge in [-0.3, -0.25) is 14.5 Å². The zero-order chi connectivity index (χ0) is 19.8. The summed E-state index contributed by atoms with van der Waals surface area (Å²) in [6.07, 6.45) is -0.543. The van der Waals surface area contributed by atoms with E-state index in [2.05, 4.69) is 0 Å². The van der Waals surface area contributed by atoms with Crippen LogP contribution in [0.4, 0.5) is 16.2 Å². The average Bonchev–Trinajstić information content (AvgIpc) is 3.02. The van der Waals surface area contributed by atoms with Gasteiger partial charge >= 0.3 is 6.09 Å². The number of halogens is 2. The number of nitrogens with zero attached hydrogens (tertiary/aromatic N) is 2. The SMILES string of the molecule is O=C(CC[C@@H]1OC(=O)N2c3ccc(N4CCOCC4=O)cc3OC[C@@H]12)C(Cl)Cl. The fourth-order valence-corrected chi connectivity index (χ4v) is 3.84. The maximum Gasteiger partial charge on any atom is 0.415 e. The zero-order valence-electron chi connectivity index (χ0n) is 14.8. The molecule has 2 fully saturated rings. The van der Waals surface area contributed by atoms with Crippen LogP contribution in [-0.2, 0) is 19.1 Å². The summed E-state index contributed by atoms with van der Waals surface area (Å²) in [5.74, 6) is 0.0696. The summed E-state index contributed by atoms with van der Waals surface area (Å²) in [5.41, 5.74) is 1.27. The van der Waals surface area contributed by atoms with E-state index in [9.17, 15) is 14.4 Å². The van der Waals surface area contributed by atoms with Gasteiger partial charge in [0.25, 0.3) is 5.91 Å². The van der Waals surface area contributed by atoms with Crippen LogP contribution in [0.15, 0.2) is 18.2 Å². The Morgan fingerprint density at radius 2 is 2.11 bits per heavy atom. The third kappa shape index (κ3) is 3.52. The van der Waals surface area contributed by atoms with Gasteiger partial charge in [-0.1, -0.05) is 23.2 Å². The fraction of sp³-hybridized carbons (Fsp3) is 0.500. The van der Waals surface area contributed by atoms with Crippen LogP contribution in [-0.4, -0.2) is 61.1 Å². The first-order valence-corrected chi connectivity index (χ1v) is 9.78. The van der Waals surface area contributed by atoms with Crippen LogP contribution in [0.1, 0.15) is 12.8 Å². The van der Waals surface area contributed by atoms with E-state index < -0.39 is 17.0 Å². The number of anilines is 2. The largest absolute Gasteiger partial charge is 0.489 e. The first-order chi connectivity index (χ1) is 13.5. The van der Waals surface area contributed by atoms with E-state index in [0.717, 1.165) is 0 Å². The number of ketones is 1. The molecule has 3 aliphatic heterocycles. The highest BCUT2D eigenvalue weighted by Crippen LogP contribution is 2.41. The molecule has 10 heteroatoms. The van der Waals surface area contributed by atoms with Crippen molar-refractivity contribution < 1.29 is 28.6 Å². The molecule has 2 saturated heterocycles. The topological polar surface area (TPSA) is 85.4 Å². The molecule has 0 N–H and O–H groups in total. The van der Waals surface area contributed by atoms with Gasteiger partial charge in [0.15, 0.2) is 10.6 Å². The second kappa shape index (κ2) is 7.77. The van der Waals surface area contributed by atoms with Crippen LogP contribution in [0.25, 0.3) is 0 Å². The molecule has 0 radical (unpaired) electrons. The number of ether oxygens (including phenoxy) is 3. The summed E-state index contributed by atoms with van der Waals surface area (Å²) < 4.78 is 16.5. The minimum absolute atomic E-state index is 0.0460. The molecule has 2 atom stereocenters. The van der Waals surface area contributed by atoms with Crippen molar-refractivity contribution in [2.75, 3.05) is 36.2 Å². The van der Waals surface area contributed by atoms with Crippen LogP contribution in [0.2, 0.25) is 0 Å². The van der Waals surface area contributed by atoms with Crippen molar-refractivity contribution in [3.05, 3.63) is 18.2 Å². The summed E-state index contributed by atoms with van der Waals surface area (Å²) in [7, 11) is 0. The van der Waals surface area contributed by atoms with Crippen LogP contribution >= 0.6 is 23.2 Å². The highest BCUT2D eigenvalue weighted by atomic mass is 35.5. The van der Waals surface area contributed by atoms with Crippen LogP contribution < -0.4 is 14.5 Å². The molecule has 3 heterocycles. The van der Waals surface area contributed by atoms with Gasteiger partial charge < -0.3 is 19.1 Å². The van der Waals surface area contributed by atoms with E-state index in [1.807, 2.05) is 0 Å². The van der Waals surface area contributed by atoms with E-state index in [4.69, 9.17) is 37.4 Å². The molecule has 1 aromatic rings. The quantitative estimate of drug-likeness (QED) is 0.668. The van der Waals surface area contributed by atoms with Crippen molar-refractivity contribution in [1.29, 1.82) is 0 Å². The maximum absolute atomic E-state index is 12.4. The van der Waals surface area contributed by atoms with E-state index >= 15 is 0 Å². The minimum atomic E-state index is -1.09. The lowest BCUT2D eigenvalue weighted by atomic mass is 10.0. The molecule has 1 aromatic carbocycles. The Labute approximate surface area is 171 Å². The second-order valence-electron chi connectivity index (χ2n) is 6.73. The number of cyclic esters (lactones) is 1. The lowest BCUT2D eigenvalue weighted by Gasteiger charge is -2.33. The number of amides is 2. The van der Waals surface area contributed by atoms with Crippen LogP contribution in [0.5, 0.6) is 5.75 Å². The molecule has 0 saturated carbocycles. The predicted octanol–water partition coefficient (Wildman–Crippen LogP) is 2.29. The Morgan fingerprint density at radius 1 is 1.29 bits per heavy atom. The van der Waals surface area contributed by atoms with Gasteiger partial charge in [0, 0.05) is 24.7 Å². The number of alkyl halides is 2.